The highest BCUT2D eigenvalue weighted by atomic mass is 19.1. The second-order valence-electron chi connectivity index (χ2n) is 5.17. The predicted molar refractivity (Wildman–Crippen MR) is 75.2 cm³/mol. The molecule has 7 nitrogen and oxygen atoms in total. The molecule has 0 aliphatic carbocycles. The number of aliphatic hydroxyl groups is 1. The van der Waals surface area contributed by atoms with Crippen LogP contribution in [0.15, 0.2) is 22.7 Å². The van der Waals surface area contributed by atoms with Crippen molar-refractivity contribution in [2.45, 2.75) is 26.0 Å². The number of nitrogens with one attached hydrogen (secondary N) is 2. The van der Waals surface area contributed by atoms with Crippen LogP contribution in [0.1, 0.15) is 24.2 Å². The van der Waals surface area contributed by atoms with E-state index < -0.39 is 23.3 Å². The molecule has 0 radical (unpaired) electrons. The van der Waals surface area contributed by atoms with E-state index >= 15 is 0 Å². The maximum Gasteiger partial charge on any atom is 0.315 e. The minimum Gasteiger partial charge on any atom is -0.383 e. The van der Waals surface area contributed by atoms with Crippen molar-refractivity contribution in [3.63, 3.8) is 0 Å². The van der Waals surface area contributed by atoms with E-state index in [1.54, 1.807) is 6.92 Å². The molecule has 0 fully saturated rings. The summed E-state index contributed by atoms with van der Waals surface area (Å²) in [5, 5.41) is 18.7. The molecule has 0 aliphatic rings. The zero-order valence-electron chi connectivity index (χ0n) is 12.6. The fourth-order valence-electron chi connectivity index (χ4n) is 1.90. The van der Waals surface area contributed by atoms with Crippen molar-refractivity contribution < 1.29 is 23.2 Å². The van der Waals surface area contributed by atoms with Crippen molar-refractivity contribution in [3.8, 4) is 0 Å². The van der Waals surface area contributed by atoms with Gasteiger partial charge in [-0.25, -0.2) is 13.6 Å². The fourth-order valence-corrected chi connectivity index (χ4v) is 1.90. The molecule has 124 valence electrons. The molecule has 1 aromatic carbocycles. The third-order valence-corrected chi connectivity index (χ3v) is 3.07. The lowest BCUT2D eigenvalue weighted by atomic mass is 9.95. The third kappa shape index (κ3) is 4.46. The van der Waals surface area contributed by atoms with E-state index in [1.165, 1.54) is 6.92 Å². The average molecular weight is 326 g/mol. The third-order valence-electron chi connectivity index (χ3n) is 3.07. The van der Waals surface area contributed by atoms with Gasteiger partial charge in [-0.15, -0.1) is 0 Å². The molecule has 1 unspecified atom stereocenters. The van der Waals surface area contributed by atoms with Crippen molar-refractivity contribution in [2.75, 3.05) is 6.54 Å². The predicted octanol–water partition coefficient (Wildman–Crippen LogP) is 1.36. The van der Waals surface area contributed by atoms with Gasteiger partial charge in [-0.2, -0.15) is 4.98 Å². The van der Waals surface area contributed by atoms with E-state index in [-0.39, 0.29) is 24.5 Å². The van der Waals surface area contributed by atoms with Crippen LogP contribution in [0.5, 0.6) is 0 Å². The van der Waals surface area contributed by atoms with Crippen molar-refractivity contribution in [3.05, 3.63) is 47.1 Å². The Balaban J connectivity index is 1.89. The van der Waals surface area contributed by atoms with E-state index in [1.807, 2.05) is 0 Å². The van der Waals surface area contributed by atoms with E-state index in [0.29, 0.717) is 11.9 Å². The Hall–Kier alpha value is -2.55. The van der Waals surface area contributed by atoms with Crippen LogP contribution in [-0.2, 0) is 12.1 Å². The summed E-state index contributed by atoms with van der Waals surface area (Å²) in [5.74, 6) is -0.966. The molecule has 2 aromatic rings. The summed E-state index contributed by atoms with van der Waals surface area (Å²) in [4.78, 5) is 15.6. The molecule has 3 N–H and O–H groups in total. The van der Waals surface area contributed by atoms with Gasteiger partial charge in [-0.3, -0.25) is 0 Å². The summed E-state index contributed by atoms with van der Waals surface area (Å²) in [6, 6.07) is 2.22. The van der Waals surface area contributed by atoms with Crippen LogP contribution in [0.2, 0.25) is 0 Å². The highest BCUT2D eigenvalue weighted by molar-refractivity contribution is 5.73. The number of halogens is 2. The lowest BCUT2D eigenvalue weighted by Gasteiger charge is -2.24. The second-order valence-corrected chi connectivity index (χ2v) is 5.17. The average Bonchev–Trinajstić information content (AvgIpc) is 2.88. The first-order valence-electron chi connectivity index (χ1n) is 6.77. The van der Waals surface area contributed by atoms with E-state index in [9.17, 15) is 18.7 Å². The number of hydrogen-bond acceptors (Lipinski definition) is 5. The number of rotatable bonds is 5. The standard InChI is InChI=1S/C14H16F2N4O3/c1-8-19-12(23-20-8)6-17-13(21)18-7-14(2,22)10-4-3-9(15)5-11(10)16/h3-5,22H,6-7H2,1-2H3,(H2,17,18,21). The fraction of sp³-hybridized carbons (Fsp3) is 0.357. The number of carbonyl (C=O) groups is 1. The molecule has 9 heteroatoms. The van der Waals surface area contributed by atoms with Gasteiger partial charge in [0.2, 0.25) is 5.89 Å². The molecule has 0 spiro atoms. The molecule has 2 rings (SSSR count). The van der Waals surface area contributed by atoms with Crippen LogP contribution in [0.25, 0.3) is 0 Å². The van der Waals surface area contributed by atoms with Crippen molar-refractivity contribution in [2.24, 2.45) is 0 Å². The smallest absolute Gasteiger partial charge is 0.315 e. The van der Waals surface area contributed by atoms with Crippen molar-refractivity contribution >= 4 is 6.03 Å². The molecule has 0 saturated carbocycles. The van der Waals surface area contributed by atoms with Gasteiger partial charge in [-0.05, 0) is 19.9 Å². The molecule has 1 aromatic heterocycles. The Labute approximate surface area is 130 Å². The zero-order valence-corrected chi connectivity index (χ0v) is 12.6. The van der Waals surface area contributed by atoms with Gasteiger partial charge in [0.25, 0.3) is 0 Å². The highest BCUT2D eigenvalue weighted by Gasteiger charge is 2.27. The largest absolute Gasteiger partial charge is 0.383 e. The minimum atomic E-state index is -1.70. The van der Waals surface area contributed by atoms with Crippen LogP contribution in [-0.4, -0.2) is 27.8 Å². The Morgan fingerprint density at radius 1 is 1.39 bits per heavy atom. The van der Waals surface area contributed by atoms with Crippen LogP contribution in [0.4, 0.5) is 13.6 Å². The number of benzene rings is 1. The quantitative estimate of drug-likeness (QED) is 0.770. The normalized spacial score (nSPS) is 13.4. The van der Waals surface area contributed by atoms with Crippen LogP contribution < -0.4 is 10.6 Å². The molecule has 1 atom stereocenters. The summed E-state index contributed by atoms with van der Waals surface area (Å²) < 4.78 is 31.4. The summed E-state index contributed by atoms with van der Waals surface area (Å²) >= 11 is 0. The first-order chi connectivity index (χ1) is 10.8. The van der Waals surface area contributed by atoms with Gasteiger partial charge in [-0.1, -0.05) is 11.2 Å². The highest BCUT2D eigenvalue weighted by Crippen LogP contribution is 2.23. The van der Waals surface area contributed by atoms with Crippen LogP contribution in [0, 0.1) is 18.6 Å². The summed E-state index contributed by atoms with van der Waals surface area (Å²) in [7, 11) is 0. The molecule has 0 aliphatic heterocycles. The van der Waals surface area contributed by atoms with Gasteiger partial charge in [0.15, 0.2) is 5.82 Å². The summed E-state index contributed by atoms with van der Waals surface area (Å²) in [6.45, 7) is 2.69. The number of amides is 2. The molecule has 2 amide bonds. The van der Waals surface area contributed by atoms with Gasteiger partial charge >= 0.3 is 6.03 Å². The second kappa shape index (κ2) is 6.69. The number of aromatic nitrogens is 2. The molecular weight excluding hydrogens is 310 g/mol. The topological polar surface area (TPSA) is 100 Å². The first kappa shape index (κ1) is 16.8. The number of carbonyl (C=O) groups excluding carboxylic acids is 1. The van der Waals surface area contributed by atoms with E-state index in [2.05, 4.69) is 20.8 Å². The summed E-state index contributed by atoms with van der Waals surface area (Å²) in [6.07, 6.45) is 0. The van der Waals surface area contributed by atoms with Crippen molar-refractivity contribution in [1.29, 1.82) is 0 Å². The molecule has 1 heterocycles. The monoisotopic (exact) mass is 326 g/mol. The SMILES string of the molecule is Cc1noc(CNC(=O)NCC(C)(O)c2ccc(F)cc2F)n1. The molecule has 0 bridgehead atoms. The van der Waals surface area contributed by atoms with Gasteiger partial charge in [0, 0.05) is 11.6 Å². The maximum atomic E-state index is 13.7. The maximum absolute atomic E-state index is 13.7. The number of aryl methyl sites for hydroxylation is 1. The Kier molecular flexibility index (Phi) is 4.89. The van der Waals surface area contributed by atoms with Crippen molar-refractivity contribution in [1.82, 2.24) is 20.8 Å². The Morgan fingerprint density at radius 2 is 2.13 bits per heavy atom. The zero-order chi connectivity index (χ0) is 17.0. The number of urea groups is 1. The molecule has 0 saturated heterocycles. The number of hydrogen-bond donors (Lipinski definition) is 3. The summed E-state index contributed by atoms with van der Waals surface area (Å²) in [5.41, 5.74) is -1.82. The van der Waals surface area contributed by atoms with E-state index in [0.717, 1.165) is 12.1 Å². The van der Waals surface area contributed by atoms with E-state index in [4.69, 9.17) is 4.52 Å². The van der Waals surface area contributed by atoms with Gasteiger partial charge in [0.05, 0.1) is 13.1 Å². The molecule has 23 heavy (non-hydrogen) atoms. The number of nitrogens with zero attached hydrogens (tertiary/aromatic N) is 2. The molecular formula is C14H16F2N4O3. The van der Waals surface area contributed by atoms with Gasteiger partial charge in [0.1, 0.15) is 17.2 Å². The minimum absolute atomic E-state index is 0.0136. The lowest BCUT2D eigenvalue weighted by Crippen LogP contribution is -2.43. The first-order valence-corrected chi connectivity index (χ1v) is 6.77. The Morgan fingerprint density at radius 3 is 2.74 bits per heavy atom. The lowest BCUT2D eigenvalue weighted by molar-refractivity contribution is 0.0555. The van der Waals surface area contributed by atoms with Gasteiger partial charge < -0.3 is 20.3 Å². The van der Waals surface area contributed by atoms with Crippen LogP contribution in [0.3, 0.4) is 0 Å². The van der Waals surface area contributed by atoms with Crippen LogP contribution >= 0.6 is 0 Å². The Bertz CT molecular complexity index is 703.